The Morgan fingerprint density at radius 2 is 1.57 bits per heavy atom. The van der Waals surface area contributed by atoms with E-state index in [9.17, 15) is 17.4 Å². The van der Waals surface area contributed by atoms with Crippen LogP contribution in [0, 0.1) is 12.8 Å². The molecule has 0 aliphatic rings. The van der Waals surface area contributed by atoms with Gasteiger partial charge < -0.3 is 9.47 Å². The third kappa shape index (κ3) is 5.68. The molecule has 2 aromatic carbocycles. The Kier molecular flexibility index (Phi) is 8.17. The highest BCUT2D eigenvalue weighted by Gasteiger charge is 2.39. The summed E-state index contributed by atoms with van der Waals surface area (Å²) in [5, 5.41) is -0.840. The second kappa shape index (κ2) is 10.2. The lowest BCUT2D eigenvalue weighted by Crippen LogP contribution is -2.52. The molecule has 0 aliphatic heterocycles. The molecule has 30 heavy (non-hydrogen) atoms. The van der Waals surface area contributed by atoms with Crippen LogP contribution in [0.2, 0.25) is 0 Å². The molecule has 0 saturated carbocycles. The molecule has 0 spiro atoms. The number of rotatable bonds is 9. The van der Waals surface area contributed by atoms with E-state index in [-0.39, 0.29) is 10.8 Å². The molecule has 0 bridgehead atoms. The average molecular weight is 454 g/mol. The van der Waals surface area contributed by atoms with Gasteiger partial charge in [0.25, 0.3) is 0 Å². The van der Waals surface area contributed by atoms with E-state index in [1.165, 1.54) is 38.5 Å². The number of hydrogen-bond donors (Lipinski definition) is 1. The normalized spacial score (nSPS) is 14.7. The van der Waals surface area contributed by atoms with Gasteiger partial charge in [0.15, 0.2) is 0 Å². The SMILES string of the molecule is COC(=O)[C@@H](NS(=O)(=O)c1ccc(OC)cc1)[C@@H](C(C)C)S(=O)c1ccc(C)cc1. The minimum absolute atomic E-state index is 0.0409. The average Bonchev–Trinajstić information content (AvgIpc) is 2.72. The monoisotopic (exact) mass is 453 g/mol. The molecule has 0 aliphatic carbocycles. The standard InChI is InChI=1S/C21H27NO6S2/c1-14(2)20(29(24)17-10-6-15(3)7-11-17)19(21(23)28-5)22-30(25,26)18-12-8-16(27-4)9-13-18/h6-14,19-20,22H,1-5H3/t19-,20+,29?/m0/s1. The van der Waals surface area contributed by atoms with Gasteiger partial charge in [0.05, 0.1) is 35.2 Å². The maximum atomic E-state index is 13.3. The second-order valence-electron chi connectivity index (χ2n) is 7.12. The number of carbonyl (C=O) groups is 1. The highest BCUT2D eigenvalue weighted by atomic mass is 32.2. The van der Waals surface area contributed by atoms with Crippen LogP contribution in [0.5, 0.6) is 5.75 Å². The van der Waals surface area contributed by atoms with Crippen LogP contribution in [0.25, 0.3) is 0 Å². The van der Waals surface area contributed by atoms with Crippen LogP contribution in [-0.4, -0.2) is 44.1 Å². The predicted molar refractivity (Wildman–Crippen MR) is 115 cm³/mol. The van der Waals surface area contributed by atoms with Crippen molar-refractivity contribution >= 4 is 26.8 Å². The Hall–Kier alpha value is -2.23. The van der Waals surface area contributed by atoms with Gasteiger partial charge >= 0.3 is 5.97 Å². The fourth-order valence-corrected chi connectivity index (χ4v) is 5.88. The van der Waals surface area contributed by atoms with Crippen LogP contribution in [0.3, 0.4) is 0 Å². The van der Waals surface area contributed by atoms with Crippen LogP contribution in [-0.2, 0) is 30.4 Å². The molecule has 0 aromatic heterocycles. The van der Waals surface area contributed by atoms with E-state index in [0.717, 1.165) is 5.56 Å². The van der Waals surface area contributed by atoms with Gasteiger partial charge in [0.2, 0.25) is 10.0 Å². The highest BCUT2D eigenvalue weighted by molar-refractivity contribution is 7.89. The van der Waals surface area contributed by atoms with Crippen LogP contribution in [0.15, 0.2) is 58.3 Å². The molecule has 7 nitrogen and oxygen atoms in total. The van der Waals surface area contributed by atoms with E-state index in [4.69, 9.17) is 9.47 Å². The fraction of sp³-hybridized carbons (Fsp3) is 0.381. The van der Waals surface area contributed by atoms with Crippen molar-refractivity contribution in [3.8, 4) is 5.75 Å². The maximum Gasteiger partial charge on any atom is 0.325 e. The van der Waals surface area contributed by atoms with E-state index in [1.54, 1.807) is 26.0 Å². The summed E-state index contributed by atoms with van der Waals surface area (Å²) in [4.78, 5) is 13.0. The van der Waals surface area contributed by atoms with Gasteiger partial charge in [-0.1, -0.05) is 31.5 Å². The number of sulfonamides is 1. The molecule has 0 amide bonds. The molecular formula is C21H27NO6S2. The van der Waals surface area contributed by atoms with Gasteiger partial charge in [0, 0.05) is 4.90 Å². The van der Waals surface area contributed by atoms with Crippen molar-refractivity contribution in [3.05, 3.63) is 54.1 Å². The van der Waals surface area contributed by atoms with Crippen LogP contribution >= 0.6 is 0 Å². The summed E-state index contributed by atoms with van der Waals surface area (Å²) < 4.78 is 51.5. The predicted octanol–water partition coefficient (Wildman–Crippen LogP) is 2.66. The van der Waals surface area contributed by atoms with Crippen molar-refractivity contribution in [1.29, 1.82) is 0 Å². The van der Waals surface area contributed by atoms with Crippen molar-refractivity contribution in [2.24, 2.45) is 5.92 Å². The van der Waals surface area contributed by atoms with E-state index in [2.05, 4.69) is 4.72 Å². The molecule has 0 fully saturated rings. The van der Waals surface area contributed by atoms with Crippen molar-refractivity contribution in [3.63, 3.8) is 0 Å². The highest BCUT2D eigenvalue weighted by Crippen LogP contribution is 2.24. The number of benzene rings is 2. The quantitative estimate of drug-likeness (QED) is 0.586. The number of nitrogens with one attached hydrogen (secondary N) is 1. The van der Waals surface area contributed by atoms with E-state index in [1.807, 2.05) is 19.1 Å². The van der Waals surface area contributed by atoms with Crippen LogP contribution in [0.1, 0.15) is 19.4 Å². The van der Waals surface area contributed by atoms with Crippen molar-refractivity contribution in [1.82, 2.24) is 4.72 Å². The third-order valence-corrected chi connectivity index (χ3v) is 8.10. The summed E-state index contributed by atoms with van der Waals surface area (Å²) >= 11 is 0. The van der Waals surface area contributed by atoms with Crippen LogP contribution in [0.4, 0.5) is 0 Å². The first-order valence-corrected chi connectivity index (χ1v) is 12.0. The van der Waals surface area contributed by atoms with Gasteiger partial charge in [-0.3, -0.25) is 9.00 Å². The van der Waals surface area contributed by atoms with Crippen molar-refractivity contribution in [2.45, 2.75) is 41.9 Å². The molecular weight excluding hydrogens is 426 g/mol. The van der Waals surface area contributed by atoms with Gasteiger partial charge in [-0.15, -0.1) is 0 Å². The Labute approximate surface area is 180 Å². The smallest absolute Gasteiger partial charge is 0.325 e. The lowest BCUT2D eigenvalue weighted by Gasteiger charge is -2.28. The Morgan fingerprint density at radius 3 is 2.03 bits per heavy atom. The molecule has 164 valence electrons. The zero-order valence-electron chi connectivity index (χ0n) is 17.6. The summed E-state index contributed by atoms with van der Waals surface area (Å²) in [5.74, 6) is -0.583. The lowest BCUT2D eigenvalue weighted by molar-refractivity contribution is -0.142. The number of aryl methyl sites for hydroxylation is 1. The van der Waals surface area contributed by atoms with Gasteiger partial charge in [-0.2, -0.15) is 4.72 Å². The zero-order valence-corrected chi connectivity index (χ0v) is 19.2. The molecule has 3 atom stereocenters. The van der Waals surface area contributed by atoms with Crippen LogP contribution < -0.4 is 9.46 Å². The molecule has 1 unspecified atom stereocenters. The largest absolute Gasteiger partial charge is 0.497 e. The maximum absolute atomic E-state index is 13.3. The summed E-state index contributed by atoms with van der Waals surface area (Å²) in [6.45, 7) is 5.48. The first-order valence-electron chi connectivity index (χ1n) is 9.32. The summed E-state index contributed by atoms with van der Waals surface area (Å²) in [5.41, 5.74) is 1.00. The van der Waals surface area contributed by atoms with E-state index < -0.39 is 38.1 Å². The molecule has 0 radical (unpaired) electrons. The molecule has 1 N–H and O–H groups in total. The van der Waals surface area contributed by atoms with Gasteiger partial charge in [-0.05, 0) is 49.2 Å². The number of esters is 1. The number of ether oxygens (including phenoxy) is 2. The fourth-order valence-electron chi connectivity index (χ4n) is 2.95. The number of hydrogen-bond acceptors (Lipinski definition) is 6. The first kappa shape index (κ1) is 24.0. The Bertz CT molecular complexity index is 985. The molecule has 9 heteroatoms. The zero-order chi connectivity index (χ0) is 22.5. The molecule has 0 saturated heterocycles. The second-order valence-corrected chi connectivity index (χ2v) is 10.4. The summed E-state index contributed by atoms with van der Waals surface area (Å²) in [7, 11) is -3.09. The molecule has 2 rings (SSSR count). The topological polar surface area (TPSA) is 98.8 Å². The van der Waals surface area contributed by atoms with E-state index >= 15 is 0 Å². The molecule has 2 aromatic rings. The van der Waals surface area contributed by atoms with Crippen molar-refractivity contribution < 1.29 is 26.9 Å². The first-order chi connectivity index (χ1) is 14.1. The summed E-state index contributed by atoms with van der Waals surface area (Å²) in [6.07, 6.45) is 0. The Balaban J connectivity index is 2.43. The van der Waals surface area contributed by atoms with E-state index in [0.29, 0.717) is 10.6 Å². The van der Waals surface area contributed by atoms with Gasteiger partial charge in [-0.25, -0.2) is 8.42 Å². The van der Waals surface area contributed by atoms with Gasteiger partial charge in [0.1, 0.15) is 11.8 Å². The number of carbonyl (C=O) groups excluding carboxylic acids is 1. The minimum atomic E-state index is -4.08. The Morgan fingerprint density at radius 1 is 1.00 bits per heavy atom. The summed E-state index contributed by atoms with van der Waals surface area (Å²) in [6, 6.07) is 11.5. The lowest BCUT2D eigenvalue weighted by atomic mass is 10.0. The number of methoxy groups -OCH3 is 2. The third-order valence-electron chi connectivity index (χ3n) is 4.59. The minimum Gasteiger partial charge on any atom is -0.497 e. The van der Waals surface area contributed by atoms with Crippen molar-refractivity contribution in [2.75, 3.05) is 14.2 Å². The molecule has 0 heterocycles.